The van der Waals surface area contributed by atoms with Crippen molar-refractivity contribution in [1.82, 2.24) is 5.32 Å². The Morgan fingerprint density at radius 3 is 2.88 bits per heavy atom. The molecule has 0 saturated carbocycles. The van der Waals surface area contributed by atoms with Crippen molar-refractivity contribution in [2.24, 2.45) is 0 Å². The van der Waals surface area contributed by atoms with Gasteiger partial charge in [0, 0.05) is 11.6 Å². The largest absolute Gasteiger partial charge is 0.480 e. The summed E-state index contributed by atoms with van der Waals surface area (Å²) in [5, 5.41) is 12.6. The molecular weight excluding hydrogens is 226 g/mol. The van der Waals surface area contributed by atoms with E-state index < -0.39 is 12.0 Å². The van der Waals surface area contributed by atoms with E-state index in [1.807, 2.05) is 6.92 Å². The van der Waals surface area contributed by atoms with E-state index in [2.05, 4.69) is 11.9 Å². The summed E-state index contributed by atoms with van der Waals surface area (Å²) in [4.78, 5) is 11.1. The number of halogens is 1. The zero-order valence-electron chi connectivity index (χ0n) is 9.03. The van der Waals surface area contributed by atoms with E-state index in [9.17, 15) is 4.79 Å². The zero-order chi connectivity index (χ0) is 12.1. The van der Waals surface area contributed by atoms with Crippen LogP contribution in [0.3, 0.4) is 0 Å². The van der Waals surface area contributed by atoms with Gasteiger partial charge in [-0.3, -0.25) is 10.1 Å². The minimum Gasteiger partial charge on any atom is -0.480 e. The molecule has 0 fully saturated rings. The summed E-state index contributed by atoms with van der Waals surface area (Å²) in [6.45, 7) is 5.83. The van der Waals surface area contributed by atoms with Gasteiger partial charge in [0.05, 0.1) is 0 Å². The average Bonchev–Trinajstić information content (AvgIpc) is 2.20. The first-order valence-corrected chi connectivity index (χ1v) is 5.27. The molecule has 0 aliphatic heterocycles. The van der Waals surface area contributed by atoms with Crippen LogP contribution in [-0.2, 0) is 4.79 Å². The van der Waals surface area contributed by atoms with Crippen LogP contribution in [0.25, 0.3) is 0 Å². The molecule has 1 aromatic rings. The summed E-state index contributed by atoms with van der Waals surface area (Å²) in [5.41, 5.74) is 1.58. The molecule has 0 saturated heterocycles. The number of aryl methyl sites for hydroxylation is 1. The van der Waals surface area contributed by atoms with Gasteiger partial charge in [-0.1, -0.05) is 23.7 Å². The maximum Gasteiger partial charge on any atom is 0.325 e. The summed E-state index contributed by atoms with van der Waals surface area (Å²) < 4.78 is 0. The van der Waals surface area contributed by atoms with Crippen LogP contribution in [0.2, 0.25) is 5.02 Å². The Labute approximate surface area is 99.7 Å². The first kappa shape index (κ1) is 12.7. The maximum absolute atomic E-state index is 11.1. The fourth-order valence-electron chi connectivity index (χ4n) is 1.49. The zero-order valence-corrected chi connectivity index (χ0v) is 9.79. The summed E-state index contributed by atoms with van der Waals surface area (Å²) in [7, 11) is 0. The first-order chi connectivity index (χ1) is 7.56. The number of carbonyl (C=O) groups is 1. The van der Waals surface area contributed by atoms with Crippen LogP contribution in [0.15, 0.2) is 30.9 Å². The van der Waals surface area contributed by atoms with Gasteiger partial charge in [0.1, 0.15) is 6.04 Å². The highest BCUT2D eigenvalue weighted by Gasteiger charge is 2.20. The Balaban J connectivity index is 3.00. The van der Waals surface area contributed by atoms with Crippen molar-refractivity contribution < 1.29 is 9.90 Å². The highest BCUT2D eigenvalue weighted by atomic mass is 35.5. The van der Waals surface area contributed by atoms with E-state index in [-0.39, 0.29) is 0 Å². The third-order valence-corrected chi connectivity index (χ3v) is 2.49. The van der Waals surface area contributed by atoms with E-state index in [4.69, 9.17) is 16.7 Å². The molecule has 1 unspecified atom stereocenters. The van der Waals surface area contributed by atoms with E-state index in [1.165, 1.54) is 0 Å². The van der Waals surface area contributed by atoms with Gasteiger partial charge in [-0.15, -0.1) is 6.58 Å². The molecule has 0 aromatic heterocycles. The van der Waals surface area contributed by atoms with Crippen molar-refractivity contribution in [3.05, 3.63) is 47.0 Å². The molecule has 0 spiro atoms. The molecule has 1 rings (SSSR count). The number of carboxylic acid groups (broad SMARTS) is 1. The van der Waals surface area contributed by atoms with Crippen molar-refractivity contribution in [3.63, 3.8) is 0 Å². The van der Waals surface area contributed by atoms with E-state index >= 15 is 0 Å². The fraction of sp³-hybridized carbons (Fsp3) is 0.250. The smallest absolute Gasteiger partial charge is 0.325 e. The molecule has 3 nitrogen and oxygen atoms in total. The van der Waals surface area contributed by atoms with Crippen molar-refractivity contribution >= 4 is 17.6 Å². The monoisotopic (exact) mass is 239 g/mol. The Morgan fingerprint density at radius 1 is 1.69 bits per heavy atom. The van der Waals surface area contributed by atoms with Crippen molar-refractivity contribution in [1.29, 1.82) is 0 Å². The number of carboxylic acids is 1. The Kier molecular flexibility index (Phi) is 4.52. The van der Waals surface area contributed by atoms with Gasteiger partial charge in [0.15, 0.2) is 0 Å². The van der Waals surface area contributed by atoms with Gasteiger partial charge in [0.25, 0.3) is 0 Å². The lowest BCUT2D eigenvalue weighted by atomic mass is 10.0. The van der Waals surface area contributed by atoms with Gasteiger partial charge in [0.2, 0.25) is 0 Å². The first-order valence-electron chi connectivity index (χ1n) is 4.89. The highest BCUT2D eigenvalue weighted by molar-refractivity contribution is 6.30. The van der Waals surface area contributed by atoms with Gasteiger partial charge in [-0.05, 0) is 30.2 Å². The lowest BCUT2D eigenvalue weighted by Gasteiger charge is -2.16. The highest BCUT2D eigenvalue weighted by Crippen LogP contribution is 2.21. The lowest BCUT2D eigenvalue weighted by molar-refractivity contribution is -0.139. The molecule has 0 amide bonds. The molecule has 0 radical (unpaired) electrons. The van der Waals surface area contributed by atoms with Crippen LogP contribution in [0.5, 0.6) is 0 Å². The summed E-state index contributed by atoms with van der Waals surface area (Å²) in [5.74, 6) is -0.910. The van der Waals surface area contributed by atoms with Gasteiger partial charge in [-0.25, -0.2) is 0 Å². The van der Waals surface area contributed by atoms with Gasteiger partial charge >= 0.3 is 5.97 Å². The lowest BCUT2D eigenvalue weighted by Crippen LogP contribution is -2.29. The van der Waals surface area contributed by atoms with E-state index in [0.29, 0.717) is 11.6 Å². The van der Waals surface area contributed by atoms with Crippen LogP contribution in [0, 0.1) is 6.92 Å². The quantitative estimate of drug-likeness (QED) is 0.777. The number of aliphatic carboxylic acids is 1. The molecular formula is C12H14ClNO2. The third-order valence-electron chi connectivity index (χ3n) is 2.26. The van der Waals surface area contributed by atoms with Crippen molar-refractivity contribution in [2.75, 3.05) is 6.54 Å². The second-order valence-corrected chi connectivity index (χ2v) is 3.91. The second-order valence-electron chi connectivity index (χ2n) is 3.47. The standard InChI is InChI=1S/C12H14ClNO2/c1-3-6-14-11(12(15)16)10-5-4-9(13)7-8(10)2/h3-5,7,11,14H,1,6H2,2H3,(H,15,16). The van der Waals surface area contributed by atoms with Gasteiger partial charge < -0.3 is 5.11 Å². The number of hydrogen-bond acceptors (Lipinski definition) is 2. The van der Waals surface area contributed by atoms with Crippen LogP contribution in [0.4, 0.5) is 0 Å². The Morgan fingerprint density at radius 2 is 2.38 bits per heavy atom. The predicted molar refractivity (Wildman–Crippen MR) is 64.8 cm³/mol. The normalized spacial score (nSPS) is 12.1. The summed E-state index contributed by atoms with van der Waals surface area (Å²) >= 11 is 5.82. The van der Waals surface area contributed by atoms with Crippen LogP contribution in [0.1, 0.15) is 17.2 Å². The molecule has 2 N–H and O–H groups in total. The Hall–Kier alpha value is -1.32. The van der Waals surface area contributed by atoms with Crippen molar-refractivity contribution in [2.45, 2.75) is 13.0 Å². The molecule has 0 aliphatic carbocycles. The molecule has 0 heterocycles. The molecule has 1 aromatic carbocycles. The predicted octanol–water partition coefficient (Wildman–Crippen LogP) is 2.55. The number of benzene rings is 1. The van der Waals surface area contributed by atoms with Crippen molar-refractivity contribution in [3.8, 4) is 0 Å². The summed E-state index contributed by atoms with van der Waals surface area (Å²) in [6, 6.07) is 4.44. The number of rotatable bonds is 5. The molecule has 0 bridgehead atoms. The maximum atomic E-state index is 11.1. The second kappa shape index (κ2) is 5.68. The third kappa shape index (κ3) is 3.08. The molecule has 4 heteroatoms. The minimum atomic E-state index is -0.910. The molecule has 16 heavy (non-hydrogen) atoms. The topological polar surface area (TPSA) is 49.3 Å². The molecule has 0 aliphatic rings. The van der Waals surface area contributed by atoms with E-state index in [0.717, 1.165) is 11.1 Å². The Bertz CT molecular complexity index is 404. The van der Waals surface area contributed by atoms with Crippen LogP contribution >= 0.6 is 11.6 Å². The molecule has 86 valence electrons. The number of hydrogen-bond donors (Lipinski definition) is 2. The SMILES string of the molecule is C=CCNC(C(=O)O)c1ccc(Cl)cc1C. The molecule has 1 atom stereocenters. The fourth-order valence-corrected chi connectivity index (χ4v) is 1.72. The van der Waals surface area contributed by atoms with Gasteiger partial charge in [-0.2, -0.15) is 0 Å². The number of nitrogens with one attached hydrogen (secondary N) is 1. The minimum absolute atomic E-state index is 0.443. The van der Waals surface area contributed by atoms with Crippen LogP contribution < -0.4 is 5.32 Å². The van der Waals surface area contributed by atoms with E-state index in [1.54, 1.807) is 24.3 Å². The van der Waals surface area contributed by atoms with Crippen LogP contribution in [-0.4, -0.2) is 17.6 Å². The average molecular weight is 240 g/mol. The summed E-state index contributed by atoms with van der Waals surface area (Å²) in [6.07, 6.45) is 1.63.